The molecule has 0 saturated heterocycles. The Morgan fingerprint density at radius 1 is 1.24 bits per heavy atom. The van der Waals surface area contributed by atoms with Gasteiger partial charge in [0.1, 0.15) is 0 Å². The third-order valence-electron chi connectivity index (χ3n) is 4.00. The standard InChI is InChI=1S/C13H28N2O2/c1-12(10-17-3)15(8-9-16-2)13(11-14)6-4-5-7-13/h12H,4-11,14H2,1-3H3. The second-order valence-electron chi connectivity index (χ2n) is 5.13. The fraction of sp³-hybridized carbons (Fsp3) is 1.00. The third kappa shape index (κ3) is 3.65. The van der Waals surface area contributed by atoms with Crippen LogP contribution in [0.2, 0.25) is 0 Å². The minimum Gasteiger partial charge on any atom is -0.383 e. The van der Waals surface area contributed by atoms with Crippen LogP contribution in [0.1, 0.15) is 32.6 Å². The van der Waals surface area contributed by atoms with Gasteiger partial charge in [-0.2, -0.15) is 0 Å². The Labute approximate surface area is 105 Å². The zero-order valence-corrected chi connectivity index (χ0v) is 11.6. The maximum atomic E-state index is 6.05. The average molecular weight is 244 g/mol. The van der Waals surface area contributed by atoms with Crippen LogP contribution < -0.4 is 5.73 Å². The van der Waals surface area contributed by atoms with Crippen LogP contribution >= 0.6 is 0 Å². The summed E-state index contributed by atoms with van der Waals surface area (Å²) in [5, 5.41) is 0. The average Bonchev–Trinajstić information content (AvgIpc) is 2.80. The first-order valence-electron chi connectivity index (χ1n) is 6.65. The number of rotatable bonds is 8. The van der Waals surface area contributed by atoms with E-state index in [2.05, 4.69) is 11.8 Å². The van der Waals surface area contributed by atoms with E-state index >= 15 is 0 Å². The molecule has 1 aliphatic rings. The van der Waals surface area contributed by atoms with Crippen molar-refractivity contribution in [2.45, 2.75) is 44.2 Å². The lowest BCUT2D eigenvalue weighted by Crippen LogP contribution is -2.57. The maximum Gasteiger partial charge on any atom is 0.0615 e. The highest BCUT2D eigenvalue weighted by Gasteiger charge is 2.40. The molecular formula is C13H28N2O2. The highest BCUT2D eigenvalue weighted by Crippen LogP contribution is 2.35. The number of ether oxygens (including phenoxy) is 2. The molecule has 1 unspecified atom stereocenters. The first kappa shape index (κ1) is 14.9. The summed E-state index contributed by atoms with van der Waals surface area (Å²) in [7, 11) is 3.51. The molecule has 4 nitrogen and oxygen atoms in total. The molecule has 0 heterocycles. The molecule has 17 heavy (non-hydrogen) atoms. The molecule has 1 atom stereocenters. The van der Waals surface area contributed by atoms with E-state index in [0.29, 0.717) is 6.04 Å². The maximum absolute atomic E-state index is 6.05. The smallest absolute Gasteiger partial charge is 0.0615 e. The monoisotopic (exact) mass is 244 g/mol. The van der Waals surface area contributed by atoms with Crippen molar-refractivity contribution >= 4 is 0 Å². The van der Waals surface area contributed by atoms with E-state index < -0.39 is 0 Å². The minimum absolute atomic E-state index is 0.177. The van der Waals surface area contributed by atoms with Crippen molar-refractivity contribution in [3.63, 3.8) is 0 Å². The lowest BCUT2D eigenvalue weighted by Gasteiger charge is -2.44. The van der Waals surface area contributed by atoms with Crippen LogP contribution in [-0.2, 0) is 9.47 Å². The number of hydrogen-bond donors (Lipinski definition) is 1. The van der Waals surface area contributed by atoms with Gasteiger partial charge in [-0.25, -0.2) is 0 Å². The van der Waals surface area contributed by atoms with Crippen LogP contribution in [0.25, 0.3) is 0 Å². The highest BCUT2D eigenvalue weighted by atomic mass is 16.5. The summed E-state index contributed by atoms with van der Waals surface area (Å²) < 4.78 is 10.5. The lowest BCUT2D eigenvalue weighted by atomic mass is 9.93. The van der Waals surface area contributed by atoms with Crippen molar-refractivity contribution in [2.24, 2.45) is 5.73 Å². The molecule has 0 amide bonds. The van der Waals surface area contributed by atoms with Crippen LogP contribution in [0.5, 0.6) is 0 Å². The van der Waals surface area contributed by atoms with Gasteiger partial charge in [0.15, 0.2) is 0 Å². The van der Waals surface area contributed by atoms with Gasteiger partial charge < -0.3 is 15.2 Å². The number of hydrogen-bond acceptors (Lipinski definition) is 4. The van der Waals surface area contributed by atoms with Gasteiger partial charge in [0.05, 0.1) is 13.2 Å². The van der Waals surface area contributed by atoms with Crippen molar-refractivity contribution in [3.8, 4) is 0 Å². The summed E-state index contributed by atoms with van der Waals surface area (Å²) in [6.45, 7) is 5.42. The van der Waals surface area contributed by atoms with E-state index in [0.717, 1.165) is 26.3 Å². The Hall–Kier alpha value is -0.160. The summed E-state index contributed by atoms with van der Waals surface area (Å²) in [4.78, 5) is 2.51. The molecule has 4 heteroatoms. The molecule has 1 aliphatic carbocycles. The van der Waals surface area contributed by atoms with Crippen molar-refractivity contribution in [3.05, 3.63) is 0 Å². The first-order valence-corrected chi connectivity index (χ1v) is 6.65. The minimum atomic E-state index is 0.177. The Bertz CT molecular complexity index is 206. The largest absolute Gasteiger partial charge is 0.383 e. The summed E-state index contributed by atoms with van der Waals surface area (Å²) >= 11 is 0. The summed E-state index contributed by atoms with van der Waals surface area (Å²) in [6.07, 6.45) is 5.00. The SMILES string of the molecule is COCCN(C(C)COC)C1(CN)CCCC1. The first-order chi connectivity index (χ1) is 8.20. The van der Waals surface area contributed by atoms with E-state index in [1.54, 1.807) is 14.2 Å². The fourth-order valence-corrected chi connectivity index (χ4v) is 3.09. The van der Waals surface area contributed by atoms with Gasteiger partial charge in [-0.05, 0) is 19.8 Å². The molecule has 0 aromatic rings. The Morgan fingerprint density at radius 2 is 1.88 bits per heavy atom. The normalized spacial score (nSPS) is 21.0. The van der Waals surface area contributed by atoms with Gasteiger partial charge in [-0.15, -0.1) is 0 Å². The quantitative estimate of drug-likeness (QED) is 0.698. The van der Waals surface area contributed by atoms with E-state index in [1.807, 2.05) is 0 Å². The van der Waals surface area contributed by atoms with Gasteiger partial charge >= 0.3 is 0 Å². The topological polar surface area (TPSA) is 47.7 Å². The molecule has 1 rings (SSSR count). The molecule has 0 aromatic carbocycles. The summed E-state index contributed by atoms with van der Waals surface area (Å²) in [5.41, 5.74) is 6.23. The second-order valence-corrected chi connectivity index (χ2v) is 5.13. The van der Waals surface area contributed by atoms with Crippen molar-refractivity contribution in [2.75, 3.05) is 40.5 Å². The van der Waals surface area contributed by atoms with E-state index in [4.69, 9.17) is 15.2 Å². The molecule has 0 spiro atoms. The van der Waals surface area contributed by atoms with Gasteiger partial charge in [-0.3, -0.25) is 4.90 Å². The van der Waals surface area contributed by atoms with Crippen LogP contribution in [0.3, 0.4) is 0 Å². The third-order valence-corrected chi connectivity index (χ3v) is 4.00. The molecular weight excluding hydrogens is 216 g/mol. The predicted molar refractivity (Wildman–Crippen MR) is 70.2 cm³/mol. The molecule has 2 N–H and O–H groups in total. The lowest BCUT2D eigenvalue weighted by molar-refractivity contribution is 0.00209. The number of nitrogens with two attached hydrogens (primary N) is 1. The Morgan fingerprint density at radius 3 is 2.35 bits per heavy atom. The summed E-state index contributed by atoms with van der Waals surface area (Å²) in [6, 6.07) is 0.400. The van der Waals surface area contributed by atoms with Crippen LogP contribution in [0, 0.1) is 0 Å². The van der Waals surface area contributed by atoms with E-state index in [-0.39, 0.29) is 5.54 Å². The van der Waals surface area contributed by atoms with E-state index in [1.165, 1.54) is 25.7 Å². The summed E-state index contributed by atoms with van der Waals surface area (Å²) in [5.74, 6) is 0. The molecule has 0 radical (unpaired) electrons. The van der Waals surface area contributed by atoms with Gasteiger partial charge in [-0.1, -0.05) is 12.8 Å². The zero-order valence-electron chi connectivity index (χ0n) is 11.6. The fourth-order valence-electron chi connectivity index (χ4n) is 3.09. The van der Waals surface area contributed by atoms with Crippen LogP contribution in [0.4, 0.5) is 0 Å². The highest BCUT2D eigenvalue weighted by molar-refractivity contribution is 4.97. The predicted octanol–water partition coefficient (Wildman–Crippen LogP) is 1.24. The van der Waals surface area contributed by atoms with Crippen molar-refractivity contribution in [1.82, 2.24) is 4.90 Å². The molecule has 1 fully saturated rings. The molecule has 102 valence electrons. The molecule has 0 aliphatic heterocycles. The Balaban J connectivity index is 2.71. The van der Waals surface area contributed by atoms with Gasteiger partial charge in [0.2, 0.25) is 0 Å². The van der Waals surface area contributed by atoms with Gasteiger partial charge in [0, 0.05) is 38.9 Å². The molecule has 0 bridgehead atoms. The van der Waals surface area contributed by atoms with Crippen LogP contribution in [-0.4, -0.2) is 57.0 Å². The van der Waals surface area contributed by atoms with Crippen molar-refractivity contribution in [1.29, 1.82) is 0 Å². The van der Waals surface area contributed by atoms with Gasteiger partial charge in [0.25, 0.3) is 0 Å². The van der Waals surface area contributed by atoms with E-state index in [9.17, 15) is 0 Å². The number of nitrogens with zero attached hydrogens (tertiary/aromatic N) is 1. The number of methoxy groups -OCH3 is 2. The van der Waals surface area contributed by atoms with Crippen LogP contribution in [0.15, 0.2) is 0 Å². The molecule has 1 saturated carbocycles. The zero-order chi connectivity index (χ0) is 12.7. The Kier molecular flexibility index (Phi) is 6.41. The second kappa shape index (κ2) is 7.31. The van der Waals surface area contributed by atoms with Crippen molar-refractivity contribution < 1.29 is 9.47 Å². The molecule has 0 aromatic heterocycles.